The first-order valence-electron chi connectivity index (χ1n) is 11.7. The van der Waals surface area contributed by atoms with Crippen molar-refractivity contribution in [2.24, 2.45) is 0 Å². The van der Waals surface area contributed by atoms with Crippen molar-refractivity contribution in [3.05, 3.63) is 104 Å². The lowest BCUT2D eigenvalue weighted by Gasteiger charge is -2.10. The highest BCUT2D eigenvalue weighted by atomic mass is 16.5. The molecule has 5 heterocycles. The largest absolute Gasteiger partial charge is 0.463 e. The van der Waals surface area contributed by atoms with Crippen LogP contribution in [-0.2, 0) is 6.54 Å². The topological polar surface area (TPSA) is 91.8 Å². The van der Waals surface area contributed by atoms with E-state index in [2.05, 4.69) is 29.5 Å². The SMILES string of the molecule is C=CCn1nc(-c2ccnc(Oc3cccnc3)c2)nc1-c1cc(-c2ccco2)nc2ccc(C)cc12. The number of hydrogen-bond donors (Lipinski definition) is 0. The van der Waals surface area contributed by atoms with Gasteiger partial charge in [0, 0.05) is 35.0 Å². The maximum Gasteiger partial charge on any atom is 0.219 e. The van der Waals surface area contributed by atoms with Gasteiger partial charge in [0.05, 0.1) is 24.5 Å². The van der Waals surface area contributed by atoms with Crippen molar-refractivity contribution in [1.82, 2.24) is 29.7 Å². The number of ether oxygens (including phenoxy) is 1. The summed E-state index contributed by atoms with van der Waals surface area (Å²) in [4.78, 5) is 18.2. The molecule has 0 fully saturated rings. The number of aryl methyl sites for hydroxylation is 1. The van der Waals surface area contributed by atoms with Gasteiger partial charge in [0.15, 0.2) is 17.4 Å². The molecule has 6 rings (SSSR count). The number of hydrogen-bond acceptors (Lipinski definition) is 7. The fourth-order valence-corrected chi connectivity index (χ4v) is 4.12. The van der Waals surface area contributed by atoms with E-state index < -0.39 is 0 Å². The van der Waals surface area contributed by atoms with Gasteiger partial charge in [-0.3, -0.25) is 4.98 Å². The zero-order chi connectivity index (χ0) is 25.2. The van der Waals surface area contributed by atoms with E-state index in [0.29, 0.717) is 35.6 Å². The number of fused-ring (bicyclic) bond motifs is 1. The van der Waals surface area contributed by atoms with Crippen LogP contribution in [0.15, 0.2) is 103 Å². The van der Waals surface area contributed by atoms with E-state index >= 15 is 0 Å². The molecule has 0 bridgehead atoms. The first-order valence-corrected chi connectivity index (χ1v) is 11.7. The van der Waals surface area contributed by atoms with Crippen LogP contribution in [0, 0.1) is 6.92 Å². The van der Waals surface area contributed by atoms with Crippen LogP contribution >= 0.6 is 0 Å². The third-order valence-corrected chi connectivity index (χ3v) is 5.80. The van der Waals surface area contributed by atoms with Gasteiger partial charge < -0.3 is 9.15 Å². The minimum absolute atomic E-state index is 0.428. The van der Waals surface area contributed by atoms with Crippen LogP contribution in [0.5, 0.6) is 11.6 Å². The second-order valence-electron chi connectivity index (χ2n) is 8.46. The number of aromatic nitrogens is 6. The molecule has 0 N–H and O–H groups in total. The van der Waals surface area contributed by atoms with Gasteiger partial charge in [-0.2, -0.15) is 5.10 Å². The average Bonchev–Trinajstić information content (AvgIpc) is 3.60. The lowest BCUT2D eigenvalue weighted by Crippen LogP contribution is -2.02. The Hall–Kier alpha value is -5.11. The number of furan rings is 1. The molecule has 8 nitrogen and oxygen atoms in total. The summed E-state index contributed by atoms with van der Waals surface area (Å²) >= 11 is 0. The van der Waals surface area contributed by atoms with Crippen LogP contribution in [0.3, 0.4) is 0 Å². The lowest BCUT2D eigenvalue weighted by molar-refractivity contribution is 0.461. The second-order valence-corrected chi connectivity index (χ2v) is 8.46. The molecule has 0 aliphatic heterocycles. The molecular formula is C29H22N6O2. The van der Waals surface area contributed by atoms with E-state index in [1.807, 2.05) is 59.3 Å². The molecule has 0 saturated heterocycles. The van der Waals surface area contributed by atoms with E-state index in [1.165, 1.54) is 0 Å². The Bertz CT molecular complexity index is 1710. The zero-order valence-corrected chi connectivity index (χ0v) is 20.1. The van der Waals surface area contributed by atoms with Crippen LogP contribution in [0.25, 0.3) is 45.1 Å². The summed E-state index contributed by atoms with van der Waals surface area (Å²) in [6.45, 7) is 6.46. The number of nitrogens with zero attached hydrogens (tertiary/aromatic N) is 6. The summed E-state index contributed by atoms with van der Waals surface area (Å²) in [6, 6.07) is 19.2. The van der Waals surface area contributed by atoms with Crippen molar-refractivity contribution in [2.45, 2.75) is 13.5 Å². The molecule has 0 unspecified atom stereocenters. The van der Waals surface area contributed by atoms with E-state index in [1.54, 1.807) is 30.9 Å². The van der Waals surface area contributed by atoms with Crippen LogP contribution in [-0.4, -0.2) is 29.7 Å². The number of benzene rings is 1. The third kappa shape index (κ3) is 4.48. The normalized spacial score (nSPS) is 11.1. The van der Waals surface area contributed by atoms with Gasteiger partial charge in [-0.15, -0.1) is 6.58 Å². The summed E-state index contributed by atoms with van der Waals surface area (Å²) in [5.74, 6) is 2.96. The second kappa shape index (κ2) is 9.50. The monoisotopic (exact) mass is 486 g/mol. The molecule has 5 aromatic heterocycles. The molecule has 0 aliphatic carbocycles. The highest BCUT2D eigenvalue weighted by Crippen LogP contribution is 2.33. The number of pyridine rings is 3. The predicted octanol–water partition coefficient (Wildman–Crippen LogP) is 6.50. The summed E-state index contributed by atoms with van der Waals surface area (Å²) in [7, 11) is 0. The first-order chi connectivity index (χ1) is 18.2. The molecule has 0 spiro atoms. The van der Waals surface area contributed by atoms with Crippen LogP contribution < -0.4 is 4.74 Å². The van der Waals surface area contributed by atoms with E-state index in [-0.39, 0.29) is 0 Å². The van der Waals surface area contributed by atoms with Gasteiger partial charge in [0.25, 0.3) is 0 Å². The van der Waals surface area contributed by atoms with Crippen LogP contribution in [0.4, 0.5) is 0 Å². The van der Waals surface area contributed by atoms with Gasteiger partial charge in [-0.25, -0.2) is 19.6 Å². The summed E-state index contributed by atoms with van der Waals surface area (Å²) in [5.41, 5.74) is 4.38. The Morgan fingerprint density at radius 1 is 1.03 bits per heavy atom. The Morgan fingerprint density at radius 2 is 1.97 bits per heavy atom. The molecule has 1 aromatic carbocycles. The Balaban J connectivity index is 1.49. The lowest BCUT2D eigenvalue weighted by atomic mass is 10.0. The summed E-state index contributed by atoms with van der Waals surface area (Å²) in [5, 5.41) is 5.79. The van der Waals surface area contributed by atoms with Crippen molar-refractivity contribution >= 4 is 10.9 Å². The number of rotatable bonds is 7. The average molecular weight is 487 g/mol. The first kappa shape index (κ1) is 22.4. The molecule has 180 valence electrons. The molecule has 8 heteroatoms. The highest BCUT2D eigenvalue weighted by Gasteiger charge is 2.19. The molecule has 37 heavy (non-hydrogen) atoms. The fourth-order valence-electron chi connectivity index (χ4n) is 4.12. The van der Waals surface area contributed by atoms with E-state index in [9.17, 15) is 0 Å². The quantitative estimate of drug-likeness (QED) is 0.238. The molecular weight excluding hydrogens is 464 g/mol. The molecule has 0 atom stereocenters. The highest BCUT2D eigenvalue weighted by molar-refractivity contribution is 5.95. The molecule has 0 aliphatic rings. The van der Waals surface area contributed by atoms with Crippen molar-refractivity contribution in [2.75, 3.05) is 0 Å². The van der Waals surface area contributed by atoms with Gasteiger partial charge in [-0.1, -0.05) is 17.7 Å². The molecule has 0 radical (unpaired) electrons. The molecule has 6 aromatic rings. The maximum absolute atomic E-state index is 5.87. The fraction of sp³-hybridized carbons (Fsp3) is 0.0690. The Morgan fingerprint density at radius 3 is 2.78 bits per heavy atom. The zero-order valence-electron chi connectivity index (χ0n) is 20.1. The standard InChI is InChI=1S/C29H22N6O2/c1-3-13-35-29(23-17-25(26-7-5-14-36-26)32-24-9-8-19(2)15-22(23)24)33-28(34-35)20-10-12-31-27(16-20)37-21-6-4-11-30-18-21/h3-12,14-18H,1,13H2,2H3. The van der Waals surface area contributed by atoms with Crippen molar-refractivity contribution in [3.63, 3.8) is 0 Å². The number of allylic oxidation sites excluding steroid dienone is 1. The minimum Gasteiger partial charge on any atom is -0.463 e. The predicted molar refractivity (Wildman–Crippen MR) is 141 cm³/mol. The van der Waals surface area contributed by atoms with E-state index in [0.717, 1.165) is 33.3 Å². The molecule has 0 amide bonds. The van der Waals surface area contributed by atoms with Crippen LogP contribution in [0.1, 0.15) is 5.56 Å². The Labute approximate surface area is 213 Å². The van der Waals surface area contributed by atoms with Crippen molar-refractivity contribution < 1.29 is 9.15 Å². The Kier molecular flexibility index (Phi) is 5.74. The summed E-state index contributed by atoms with van der Waals surface area (Å²) in [6.07, 6.45) is 8.44. The van der Waals surface area contributed by atoms with Crippen molar-refractivity contribution in [1.29, 1.82) is 0 Å². The van der Waals surface area contributed by atoms with Gasteiger partial charge >= 0.3 is 0 Å². The minimum atomic E-state index is 0.428. The van der Waals surface area contributed by atoms with Crippen LogP contribution in [0.2, 0.25) is 0 Å². The smallest absolute Gasteiger partial charge is 0.219 e. The third-order valence-electron chi connectivity index (χ3n) is 5.80. The van der Waals surface area contributed by atoms with Gasteiger partial charge in [0.2, 0.25) is 5.88 Å². The van der Waals surface area contributed by atoms with Gasteiger partial charge in [-0.05, 0) is 55.5 Å². The van der Waals surface area contributed by atoms with Gasteiger partial charge in [0.1, 0.15) is 11.4 Å². The van der Waals surface area contributed by atoms with Crippen molar-refractivity contribution in [3.8, 4) is 45.9 Å². The summed E-state index contributed by atoms with van der Waals surface area (Å²) < 4.78 is 13.4. The maximum atomic E-state index is 5.87. The molecule has 0 saturated carbocycles. The van der Waals surface area contributed by atoms with E-state index in [4.69, 9.17) is 24.2 Å².